The molecule has 1 N–H and O–H groups in total. The van der Waals surface area contributed by atoms with E-state index in [2.05, 4.69) is 6.92 Å². The number of benzene rings is 2. The smallest absolute Gasteiger partial charge is 0.415 e. The molecule has 35 heavy (non-hydrogen) atoms. The van der Waals surface area contributed by atoms with Crippen molar-refractivity contribution in [2.24, 2.45) is 0 Å². The summed E-state index contributed by atoms with van der Waals surface area (Å²) in [4.78, 5) is 25.8. The molecule has 2 aromatic rings. The maximum absolute atomic E-state index is 12.8. The second-order valence-corrected chi connectivity index (χ2v) is 8.56. The van der Waals surface area contributed by atoms with Crippen LogP contribution >= 0.6 is 0 Å². The molecule has 0 heterocycles. The number of amides is 1. The second kappa shape index (κ2) is 15.8. The molecule has 0 aliphatic heterocycles. The van der Waals surface area contributed by atoms with E-state index in [9.17, 15) is 14.7 Å². The third kappa shape index (κ3) is 10.8. The van der Waals surface area contributed by atoms with Crippen LogP contribution in [0.25, 0.3) is 0 Å². The molecule has 0 saturated carbocycles. The summed E-state index contributed by atoms with van der Waals surface area (Å²) in [7, 11) is 0. The van der Waals surface area contributed by atoms with Gasteiger partial charge >= 0.3 is 12.1 Å². The SMILES string of the molecule is CCCCCCCN(CCOc1ccc(CC(OCC)C(=O)O)cc1)C(=O)Oc1ccc(C)cc1. The van der Waals surface area contributed by atoms with Crippen LogP contribution in [0.15, 0.2) is 48.5 Å². The first-order valence-corrected chi connectivity index (χ1v) is 12.5. The number of hydrogen-bond acceptors (Lipinski definition) is 5. The van der Waals surface area contributed by atoms with Gasteiger partial charge in [-0.25, -0.2) is 9.59 Å². The summed E-state index contributed by atoms with van der Waals surface area (Å²) < 4.78 is 16.7. The fraction of sp³-hybridized carbons (Fsp3) is 0.500. The Kier molecular flexibility index (Phi) is 12.7. The average Bonchev–Trinajstić information content (AvgIpc) is 2.84. The van der Waals surface area contributed by atoms with E-state index < -0.39 is 12.1 Å². The van der Waals surface area contributed by atoms with Crippen molar-refractivity contribution in [3.8, 4) is 11.5 Å². The molecular weight excluding hydrogens is 446 g/mol. The maximum Gasteiger partial charge on any atom is 0.415 e. The average molecular weight is 486 g/mol. The molecule has 0 bridgehead atoms. The Hall–Kier alpha value is -3.06. The number of rotatable bonds is 16. The van der Waals surface area contributed by atoms with Crippen LogP contribution in [0, 0.1) is 6.92 Å². The number of carbonyl (C=O) groups is 2. The third-order valence-corrected chi connectivity index (χ3v) is 5.63. The van der Waals surface area contributed by atoms with Crippen LogP contribution in [0.4, 0.5) is 4.79 Å². The second-order valence-electron chi connectivity index (χ2n) is 8.56. The first kappa shape index (κ1) is 28.2. The van der Waals surface area contributed by atoms with Crippen molar-refractivity contribution < 1.29 is 28.9 Å². The van der Waals surface area contributed by atoms with E-state index in [0.717, 1.165) is 30.4 Å². The fourth-order valence-corrected chi connectivity index (χ4v) is 3.60. The monoisotopic (exact) mass is 485 g/mol. The zero-order valence-electron chi connectivity index (χ0n) is 21.2. The third-order valence-electron chi connectivity index (χ3n) is 5.63. The minimum atomic E-state index is -0.973. The van der Waals surface area contributed by atoms with Gasteiger partial charge in [0.05, 0.1) is 6.54 Å². The molecule has 0 aromatic heterocycles. The van der Waals surface area contributed by atoms with E-state index in [-0.39, 0.29) is 6.09 Å². The number of nitrogens with zero attached hydrogens (tertiary/aromatic N) is 1. The van der Waals surface area contributed by atoms with E-state index in [1.165, 1.54) is 12.8 Å². The summed E-state index contributed by atoms with van der Waals surface area (Å²) in [5.74, 6) is 0.214. The Labute approximate surface area is 209 Å². The van der Waals surface area contributed by atoms with Gasteiger partial charge in [-0.1, -0.05) is 62.4 Å². The van der Waals surface area contributed by atoms with Crippen LogP contribution < -0.4 is 9.47 Å². The van der Waals surface area contributed by atoms with Gasteiger partial charge in [-0.3, -0.25) is 0 Å². The Bertz CT molecular complexity index is 881. The van der Waals surface area contributed by atoms with Crippen molar-refractivity contribution in [1.29, 1.82) is 0 Å². The van der Waals surface area contributed by atoms with Crippen LogP contribution in [-0.4, -0.2) is 54.5 Å². The van der Waals surface area contributed by atoms with E-state index in [0.29, 0.717) is 44.2 Å². The van der Waals surface area contributed by atoms with Crippen molar-refractivity contribution in [1.82, 2.24) is 4.90 Å². The number of hydrogen-bond donors (Lipinski definition) is 1. The highest BCUT2D eigenvalue weighted by atomic mass is 16.6. The van der Waals surface area contributed by atoms with Crippen molar-refractivity contribution in [2.45, 2.75) is 65.4 Å². The highest BCUT2D eigenvalue weighted by Crippen LogP contribution is 2.16. The first-order valence-electron chi connectivity index (χ1n) is 12.5. The van der Waals surface area contributed by atoms with Gasteiger partial charge in [-0.05, 0) is 50.1 Å². The number of carboxylic acids is 1. The molecule has 0 fully saturated rings. The fourth-order valence-electron chi connectivity index (χ4n) is 3.60. The van der Waals surface area contributed by atoms with Crippen LogP contribution in [0.3, 0.4) is 0 Å². The number of carbonyl (C=O) groups excluding carboxylic acids is 1. The molecule has 1 atom stereocenters. The molecular formula is C28H39NO6. The van der Waals surface area contributed by atoms with E-state index in [1.54, 1.807) is 36.1 Å². The summed E-state index contributed by atoms with van der Waals surface area (Å²) in [5.41, 5.74) is 1.96. The minimum absolute atomic E-state index is 0.292. The lowest BCUT2D eigenvalue weighted by Crippen LogP contribution is -2.37. The highest BCUT2D eigenvalue weighted by Gasteiger charge is 2.18. The summed E-state index contributed by atoms with van der Waals surface area (Å²) in [5, 5.41) is 9.25. The summed E-state index contributed by atoms with van der Waals surface area (Å²) in [6.07, 6.45) is 4.58. The molecule has 2 aromatic carbocycles. The lowest BCUT2D eigenvalue weighted by molar-refractivity contribution is -0.149. The van der Waals surface area contributed by atoms with Crippen LogP contribution in [0.1, 0.15) is 57.1 Å². The standard InChI is InChI=1S/C28H39NO6/c1-4-6-7-8-9-18-29(28(32)35-25-14-10-22(3)11-15-25)19-20-34-24-16-12-23(13-17-24)21-26(27(30)31)33-5-2/h10-17,26H,4-9,18-21H2,1-3H3,(H,30,31). The predicted molar refractivity (Wildman–Crippen MR) is 136 cm³/mol. The van der Waals surface area contributed by atoms with Crippen LogP contribution in [0.2, 0.25) is 0 Å². The van der Waals surface area contributed by atoms with Crippen molar-refractivity contribution in [3.63, 3.8) is 0 Å². The maximum atomic E-state index is 12.8. The van der Waals surface area contributed by atoms with Gasteiger partial charge in [0.25, 0.3) is 0 Å². The van der Waals surface area contributed by atoms with Crippen LogP contribution in [0.5, 0.6) is 11.5 Å². The van der Waals surface area contributed by atoms with E-state index in [1.807, 2.05) is 31.2 Å². The Morgan fingerprint density at radius 2 is 1.54 bits per heavy atom. The van der Waals surface area contributed by atoms with Crippen LogP contribution in [-0.2, 0) is 16.0 Å². The molecule has 0 radical (unpaired) electrons. The molecule has 0 spiro atoms. The normalized spacial score (nSPS) is 11.6. The molecule has 7 nitrogen and oxygen atoms in total. The van der Waals surface area contributed by atoms with Gasteiger partial charge in [-0.15, -0.1) is 0 Å². The molecule has 7 heteroatoms. The largest absolute Gasteiger partial charge is 0.492 e. The van der Waals surface area contributed by atoms with Gasteiger partial charge in [-0.2, -0.15) is 0 Å². The zero-order chi connectivity index (χ0) is 25.5. The van der Waals surface area contributed by atoms with Gasteiger partial charge in [0.2, 0.25) is 0 Å². The molecule has 2 rings (SSSR count). The number of aliphatic carboxylic acids is 1. The molecule has 1 amide bonds. The zero-order valence-corrected chi connectivity index (χ0v) is 21.2. The topological polar surface area (TPSA) is 85.3 Å². The molecule has 192 valence electrons. The number of unbranched alkanes of at least 4 members (excludes halogenated alkanes) is 4. The Morgan fingerprint density at radius 1 is 0.886 bits per heavy atom. The lowest BCUT2D eigenvalue weighted by atomic mass is 10.1. The van der Waals surface area contributed by atoms with Crippen molar-refractivity contribution >= 4 is 12.1 Å². The number of aryl methyl sites for hydroxylation is 1. The van der Waals surface area contributed by atoms with Gasteiger partial charge in [0.15, 0.2) is 6.10 Å². The molecule has 1 unspecified atom stereocenters. The minimum Gasteiger partial charge on any atom is -0.492 e. The van der Waals surface area contributed by atoms with Gasteiger partial charge in [0, 0.05) is 19.6 Å². The number of carboxylic acid groups (broad SMARTS) is 1. The molecule has 0 saturated heterocycles. The summed E-state index contributed by atoms with van der Waals surface area (Å²) in [6, 6.07) is 14.7. The Balaban J connectivity index is 1.89. The summed E-state index contributed by atoms with van der Waals surface area (Å²) in [6.45, 7) is 7.64. The first-order chi connectivity index (χ1) is 16.9. The Morgan fingerprint density at radius 3 is 2.17 bits per heavy atom. The van der Waals surface area contributed by atoms with Crippen molar-refractivity contribution in [3.05, 3.63) is 59.7 Å². The summed E-state index contributed by atoms with van der Waals surface area (Å²) >= 11 is 0. The molecule has 0 aliphatic rings. The lowest BCUT2D eigenvalue weighted by Gasteiger charge is -2.22. The van der Waals surface area contributed by atoms with E-state index in [4.69, 9.17) is 14.2 Å². The van der Waals surface area contributed by atoms with Crippen molar-refractivity contribution in [2.75, 3.05) is 26.3 Å². The van der Waals surface area contributed by atoms with Gasteiger partial charge < -0.3 is 24.2 Å². The number of ether oxygens (including phenoxy) is 3. The predicted octanol–water partition coefficient (Wildman–Crippen LogP) is 5.88. The van der Waals surface area contributed by atoms with E-state index >= 15 is 0 Å². The quantitative estimate of drug-likeness (QED) is 0.299. The van der Waals surface area contributed by atoms with Gasteiger partial charge in [0.1, 0.15) is 18.1 Å². The molecule has 0 aliphatic carbocycles. The highest BCUT2D eigenvalue weighted by molar-refractivity contribution is 5.72.